The van der Waals surface area contributed by atoms with Crippen LogP contribution in [-0.2, 0) is 16.5 Å². The highest BCUT2D eigenvalue weighted by Crippen LogP contribution is 2.83. The zero-order valence-corrected chi connectivity index (χ0v) is 41.4. The van der Waals surface area contributed by atoms with Crippen molar-refractivity contribution in [1.82, 2.24) is 0 Å². The van der Waals surface area contributed by atoms with Gasteiger partial charge in [0.25, 0.3) is 0 Å². The van der Waals surface area contributed by atoms with E-state index in [-0.39, 0.29) is 0 Å². The summed E-state index contributed by atoms with van der Waals surface area (Å²) >= 11 is 0. The van der Waals surface area contributed by atoms with Crippen LogP contribution in [0, 0.1) is 0 Å². The second kappa shape index (κ2) is 13.5. The molecule has 3 aliphatic rings. The molecule has 0 unspecified atom stereocenters. The van der Waals surface area contributed by atoms with E-state index in [4.69, 9.17) is 16.5 Å². The number of hydrogen-bond acceptors (Lipinski definition) is 4. The van der Waals surface area contributed by atoms with Crippen molar-refractivity contribution in [2.75, 3.05) is 0 Å². The Kier molecular flexibility index (Phi) is 13.0. The zero-order chi connectivity index (χ0) is 34.1. The second-order valence-corrected chi connectivity index (χ2v) is 77.0. The van der Waals surface area contributed by atoms with Crippen molar-refractivity contribution in [3.8, 4) is 0 Å². The van der Waals surface area contributed by atoms with E-state index < -0.39 is 69.6 Å². The molecule has 256 valence electrons. The molecule has 3 fully saturated rings. The molecule has 4 nitrogen and oxygen atoms in total. The summed E-state index contributed by atoms with van der Waals surface area (Å²) in [6, 6.07) is 0. The molecule has 0 aromatic heterocycles. The minimum Gasteiger partial charge on any atom is -0.448 e. The second-order valence-electron chi connectivity index (χ2n) is 17.6. The standard InChI is InChI=1S/C30H74O4P2Si7/c1-23(2)40(24(3)4)33-41(25(5)6,26(7)8)36-39(21,22)32-37(17,18)31-38(19,20)35(40)42(27(9)10,28(11)12)34-43(36,29(13)14)30(15)16/h23-30H,1-22H3. The molecular formula is C30H74O4P2Si7. The molecule has 0 radical (unpaired) electrons. The SMILES string of the molecule is CC(C)[Si]1(C(C)C)O[Si](C(C)C)(C(C)C)P2[Si](C)(C)O[Si](C)(C)O[Si](C)(C)P1[Si](C(C)C)(C(C)C)O[Si]2(C(C)C)C(C)C. The average molecular weight is 757 g/mol. The first-order valence-corrected chi connectivity index (χ1v) is 42.1. The molecule has 0 spiro atoms. The third-order valence-electron chi connectivity index (χ3n) is 10.7. The van der Waals surface area contributed by atoms with Gasteiger partial charge >= 0.3 is 8.56 Å². The summed E-state index contributed by atoms with van der Waals surface area (Å²) in [7, 11) is -17.2. The zero-order valence-electron chi connectivity index (χ0n) is 32.6. The van der Waals surface area contributed by atoms with Gasteiger partial charge in [0, 0.05) is 0 Å². The van der Waals surface area contributed by atoms with E-state index in [1.54, 1.807) is 0 Å². The van der Waals surface area contributed by atoms with Crippen molar-refractivity contribution in [1.29, 1.82) is 0 Å². The smallest absolute Gasteiger partial charge is 0.311 e. The third-order valence-corrected chi connectivity index (χ3v) is 119. The summed E-state index contributed by atoms with van der Waals surface area (Å²) in [6.07, 6.45) is 0. The van der Waals surface area contributed by atoms with E-state index in [0.29, 0.717) is 44.3 Å². The maximum Gasteiger partial charge on any atom is 0.311 e. The van der Waals surface area contributed by atoms with Gasteiger partial charge in [0.1, 0.15) is 0 Å². The van der Waals surface area contributed by atoms with Crippen LogP contribution in [0.5, 0.6) is 0 Å². The van der Waals surface area contributed by atoms with Gasteiger partial charge < -0.3 is 16.5 Å². The lowest BCUT2D eigenvalue weighted by atomic mass is 10.5. The minimum atomic E-state index is -2.48. The molecule has 0 atom stereocenters. The van der Waals surface area contributed by atoms with Gasteiger partial charge in [0.15, 0.2) is 16.0 Å². The van der Waals surface area contributed by atoms with Gasteiger partial charge in [-0.3, -0.25) is 0 Å². The summed E-state index contributed by atoms with van der Waals surface area (Å²) in [6.45, 7) is 55.2. The Morgan fingerprint density at radius 3 is 0.605 bits per heavy atom. The fraction of sp³-hybridized carbons (Fsp3) is 1.00. The van der Waals surface area contributed by atoms with Crippen molar-refractivity contribution < 1.29 is 16.5 Å². The van der Waals surface area contributed by atoms with Gasteiger partial charge in [-0.15, -0.1) is 0 Å². The van der Waals surface area contributed by atoms with E-state index in [9.17, 15) is 0 Å². The Labute approximate surface area is 279 Å². The lowest BCUT2D eigenvalue weighted by molar-refractivity contribution is 0.405. The minimum absolute atomic E-state index is 0.533. The molecule has 3 aliphatic heterocycles. The molecule has 0 aromatic rings. The van der Waals surface area contributed by atoms with Crippen LogP contribution in [-0.4, -0.2) is 56.5 Å². The van der Waals surface area contributed by atoms with Gasteiger partial charge in [0.05, 0.1) is 0 Å². The van der Waals surface area contributed by atoms with Gasteiger partial charge in [-0.1, -0.05) is 124 Å². The van der Waals surface area contributed by atoms with Crippen LogP contribution in [0.25, 0.3) is 0 Å². The van der Waals surface area contributed by atoms with Crippen LogP contribution < -0.4 is 0 Å². The number of fused-ring (bicyclic) bond motifs is 8. The van der Waals surface area contributed by atoms with Crippen LogP contribution in [0.3, 0.4) is 0 Å². The molecule has 0 N–H and O–H groups in total. The molecule has 0 aromatic carbocycles. The Hall–Kier alpha value is 2.22. The van der Waals surface area contributed by atoms with E-state index in [2.05, 4.69) is 150 Å². The maximum atomic E-state index is 8.92. The van der Waals surface area contributed by atoms with E-state index >= 15 is 0 Å². The molecule has 0 aliphatic carbocycles. The molecule has 43 heavy (non-hydrogen) atoms. The first-order valence-electron chi connectivity index (χ1n) is 17.5. The molecule has 0 saturated carbocycles. The first-order chi connectivity index (χ1) is 19.1. The lowest BCUT2D eigenvalue weighted by Gasteiger charge is -2.72. The van der Waals surface area contributed by atoms with Gasteiger partial charge in [-0.25, -0.2) is 0 Å². The van der Waals surface area contributed by atoms with Crippen molar-refractivity contribution in [3.05, 3.63) is 0 Å². The van der Waals surface area contributed by atoms with Crippen LogP contribution in [0.2, 0.25) is 83.6 Å². The third kappa shape index (κ3) is 6.49. The predicted molar refractivity (Wildman–Crippen MR) is 214 cm³/mol. The fourth-order valence-corrected chi connectivity index (χ4v) is 181. The van der Waals surface area contributed by atoms with E-state index in [1.807, 2.05) is 0 Å². The lowest BCUT2D eigenvalue weighted by Crippen LogP contribution is -2.75. The van der Waals surface area contributed by atoms with Crippen LogP contribution in [0.1, 0.15) is 111 Å². The predicted octanol–water partition coefficient (Wildman–Crippen LogP) is 13.2. The van der Waals surface area contributed by atoms with Crippen molar-refractivity contribution in [2.45, 2.75) is 194 Å². The Morgan fingerprint density at radius 2 is 0.465 bits per heavy atom. The Balaban J connectivity index is 3.63. The normalized spacial score (nSPS) is 29.4. The van der Waals surface area contributed by atoms with Crippen LogP contribution in [0.4, 0.5) is 0 Å². The summed E-state index contributed by atoms with van der Waals surface area (Å²) in [5.41, 5.74) is 4.26. The molecule has 0 amide bonds. The van der Waals surface area contributed by atoms with Crippen LogP contribution in [0.15, 0.2) is 0 Å². The quantitative estimate of drug-likeness (QED) is 0.183. The summed E-state index contributed by atoms with van der Waals surface area (Å²) in [4.78, 5) is 0. The molecular weight excluding hydrogens is 683 g/mol. The van der Waals surface area contributed by atoms with Gasteiger partial charge in [-0.05, 0) is 83.6 Å². The topological polar surface area (TPSA) is 36.9 Å². The average Bonchev–Trinajstić information content (AvgIpc) is 2.75. The fourth-order valence-electron chi connectivity index (χ4n) is 9.93. The van der Waals surface area contributed by atoms with E-state index in [1.165, 1.54) is 0 Å². The highest BCUT2D eigenvalue weighted by atomic mass is 31.8. The molecule has 3 saturated heterocycles. The first kappa shape index (κ1) is 41.4. The molecule has 13 heteroatoms. The van der Waals surface area contributed by atoms with Crippen molar-refractivity contribution in [3.63, 3.8) is 0 Å². The van der Waals surface area contributed by atoms with Gasteiger partial charge in [-0.2, -0.15) is 0 Å². The summed E-state index contributed by atoms with van der Waals surface area (Å²) in [5, 5.41) is 0. The van der Waals surface area contributed by atoms with E-state index in [0.717, 1.165) is 0 Å². The molecule has 2 bridgehead atoms. The van der Waals surface area contributed by atoms with Gasteiger partial charge in [0.2, 0.25) is 31.9 Å². The Bertz CT molecular complexity index is 812. The highest BCUT2D eigenvalue weighted by Gasteiger charge is 2.78. The molecule has 3 heterocycles. The largest absolute Gasteiger partial charge is 0.448 e. The number of rotatable bonds is 8. The highest BCUT2D eigenvalue weighted by molar-refractivity contribution is 8.40. The van der Waals surface area contributed by atoms with Crippen molar-refractivity contribution in [2.24, 2.45) is 0 Å². The molecule has 3 rings (SSSR count). The summed E-state index contributed by atoms with van der Waals surface area (Å²) in [5.74, 6) is 0. The van der Waals surface area contributed by atoms with Crippen LogP contribution >= 0.6 is 13.1 Å². The summed E-state index contributed by atoms with van der Waals surface area (Å²) < 4.78 is 33.4. The number of hydrogen-bond donors (Lipinski definition) is 0. The Morgan fingerprint density at radius 1 is 0.302 bits per heavy atom. The maximum absolute atomic E-state index is 8.92. The monoisotopic (exact) mass is 756 g/mol. The van der Waals surface area contributed by atoms with Crippen molar-refractivity contribution >= 4 is 69.6 Å².